The first-order valence-corrected chi connectivity index (χ1v) is 10.0. The summed E-state index contributed by atoms with van der Waals surface area (Å²) in [6.45, 7) is 1.68. The van der Waals surface area contributed by atoms with Crippen LogP contribution in [0.15, 0.2) is 40.9 Å². The van der Waals surface area contributed by atoms with Gasteiger partial charge in [0.15, 0.2) is 11.4 Å². The van der Waals surface area contributed by atoms with E-state index in [0.29, 0.717) is 5.56 Å². The Morgan fingerprint density at radius 2 is 1.78 bits per heavy atom. The summed E-state index contributed by atoms with van der Waals surface area (Å²) in [6, 6.07) is 3.17. The molecule has 1 amide bonds. The van der Waals surface area contributed by atoms with E-state index in [1.165, 1.54) is 25.1 Å². The number of carbonyl (C=O) groups is 3. The van der Waals surface area contributed by atoms with Gasteiger partial charge in [-0.05, 0) is 31.6 Å². The number of nitrogens with two attached hydrogens (primary N) is 1. The monoisotopic (exact) mass is 444 g/mol. The van der Waals surface area contributed by atoms with Crippen molar-refractivity contribution in [3.63, 3.8) is 0 Å². The van der Waals surface area contributed by atoms with Crippen LogP contribution in [-0.2, 0) is 9.59 Å². The number of nitrogens with zero attached hydrogens (tertiary/aromatic N) is 1. The van der Waals surface area contributed by atoms with Crippen LogP contribution in [0.25, 0.3) is 0 Å². The lowest BCUT2D eigenvalue weighted by Gasteiger charge is -2.53. The number of primary amides is 1. The minimum atomic E-state index is -2.89. The molecule has 0 saturated carbocycles. The number of benzene rings is 1. The van der Waals surface area contributed by atoms with Crippen molar-refractivity contribution in [2.24, 2.45) is 17.6 Å². The Morgan fingerprint density at radius 1 is 1.16 bits per heavy atom. The maximum Gasteiger partial charge on any atom is 0.255 e. The van der Waals surface area contributed by atoms with Crippen molar-refractivity contribution in [1.29, 1.82) is 0 Å². The Hall–Kier alpha value is -3.21. The molecule has 32 heavy (non-hydrogen) atoms. The van der Waals surface area contributed by atoms with Gasteiger partial charge in [-0.15, -0.1) is 0 Å². The molecule has 0 fully saturated rings. The van der Waals surface area contributed by atoms with Gasteiger partial charge in [0.2, 0.25) is 5.78 Å². The molecule has 0 spiro atoms. The number of fused-ring (bicyclic) bond motifs is 3. The zero-order chi connectivity index (χ0) is 23.9. The molecule has 0 bridgehead atoms. The second-order valence-corrected chi connectivity index (χ2v) is 8.79. The van der Waals surface area contributed by atoms with E-state index in [0.717, 1.165) is 0 Å². The van der Waals surface area contributed by atoms with Crippen molar-refractivity contribution in [1.82, 2.24) is 4.90 Å². The summed E-state index contributed by atoms with van der Waals surface area (Å²) < 4.78 is 0. The molecule has 10 heteroatoms. The lowest BCUT2D eigenvalue weighted by molar-refractivity contribution is -0.162. The molecule has 3 aliphatic rings. The number of likely N-dealkylation sites (N-methyl/N-ethyl adjacent to an activating group) is 1. The highest BCUT2D eigenvalue weighted by atomic mass is 16.4. The third-order valence-corrected chi connectivity index (χ3v) is 7.00. The fourth-order valence-corrected chi connectivity index (χ4v) is 5.58. The van der Waals surface area contributed by atoms with Crippen LogP contribution in [0, 0.1) is 11.8 Å². The van der Waals surface area contributed by atoms with Gasteiger partial charge in [0.05, 0.1) is 23.6 Å². The van der Waals surface area contributed by atoms with Gasteiger partial charge < -0.3 is 31.3 Å². The van der Waals surface area contributed by atoms with Gasteiger partial charge in [-0.3, -0.25) is 19.3 Å². The fraction of sp³-hybridized carbons (Fsp3) is 0.409. The largest absolute Gasteiger partial charge is 0.510 e. The van der Waals surface area contributed by atoms with E-state index in [1.54, 1.807) is 19.1 Å². The number of aliphatic hydroxyl groups is 4. The molecule has 6 atom stereocenters. The number of carbonyl (C=O) groups excluding carboxylic acids is 3. The zero-order valence-electron chi connectivity index (χ0n) is 17.6. The standard InChI is InChI=1S/C22H24N2O8/c1-7-8-5-4-6-9(25)11(8)16(26)12-10(7)17(27)14-15(24(2)3)18(28)13(21(23)31)20(30)22(14,32)19(12)29/h4-7,10,14-15,17,25,27-29,32H,1-3H3,(H2,23,31)/t7-,10?,14?,15-,17+,22+/m1/s1. The molecule has 10 nitrogen and oxygen atoms in total. The quantitative estimate of drug-likeness (QED) is 0.332. The number of ketones is 2. The topological polar surface area (TPSA) is 182 Å². The number of hydrogen-bond donors (Lipinski definition) is 6. The van der Waals surface area contributed by atoms with E-state index in [1.807, 2.05) is 0 Å². The van der Waals surface area contributed by atoms with Crippen LogP contribution in [0.1, 0.15) is 28.8 Å². The summed E-state index contributed by atoms with van der Waals surface area (Å²) >= 11 is 0. The molecule has 3 aliphatic carbocycles. The summed E-state index contributed by atoms with van der Waals surface area (Å²) in [4.78, 5) is 39.8. The van der Waals surface area contributed by atoms with Crippen LogP contribution in [0.2, 0.25) is 0 Å². The van der Waals surface area contributed by atoms with Crippen molar-refractivity contribution in [2.75, 3.05) is 14.1 Å². The van der Waals surface area contributed by atoms with Gasteiger partial charge in [0, 0.05) is 11.5 Å². The van der Waals surface area contributed by atoms with Gasteiger partial charge in [0.25, 0.3) is 5.91 Å². The maximum absolute atomic E-state index is 13.3. The fourth-order valence-electron chi connectivity index (χ4n) is 5.58. The first kappa shape index (κ1) is 22.0. The van der Waals surface area contributed by atoms with Crippen molar-refractivity contribution >= 4 is 17.5 Å². The number of phenols is 1. The molecular formula is C22H24N2O8. The van der Waals surface area contributed by atoms with Crippen molar-refractivity contribution in [3.8, 4) is 5.75 Å². The van der Waals surface area contributed by atoms with Crippen molar-refractivity contribution in [3.05, 3.63) is 52.0 Å². The van der Waals surface area contributed by atoms with Crippen LogP contribution in [0.3, 0.4) is 0 Å². The van der Waals surface area contributed by atoms with Gasteiger partial charge >= 0.3 is 0 Å². The minimum absolute atomic E-state index is 0.104. The molecule has 0 aromatic heterocycles. The molecule has 0 radical (unpaired) electrons. The number of amides is 1. The summed E-state index contributed by atoms with van der Waals surface area (Å²) in [5.74, 6) is -8.86. The molecule has 1 aromatic rings. The molecule has 0 heterocycles. The van der Waals surface area contributed by atoms with Crippen LogP contribution >= 0.6 is 0 Å². The average molecular weight is 444 g/mol. The minimum Gasteiger partial charge on any atom is -0.510 e. The van der Waals surface area contributed by atoms with Crippen LogP contribution in [0.4, 0.5) is 0 Å². The van der Waals surface area contributed by atoms with E-state index in [9.17, 15) is 39.9 Å². The Labute approximate surface area is 182 Å². The van der Waals surface area contributed by atoms with Crippen molar-refractivity contribution < 1.29 is 39.9 Å². The molecular weight excluding hydrogens is 420 g/mol. The number of rotatable bonds is 2. The lowest BCUT2D eigenvalue weighted by atomic mass is 9.55. The van der Waals surface area contributed by atoms with Crippen LogP contribution in [-0.4, -0.2) is 79.7 Å². The van der Waals surface area contributed by atoms with E-state index in [4.69, 9.17) is 5.73 Å². The second-order valence-electron chi connectivity index (χ2n) is 8.79. The Balaban J connectivity index is 2.06. The molecule has 170 valence electrons. The van der Waals surface area contributed by atoms with Gasteiger partial charge in [-0.1, -0.05) is 19.1 Å². The molecule has 4 rings (SSSR count). The Bertz CT molecular complexity index is 1140. The highest BCUT2D eigenvalue weighted by molar-refractivity contribution is 6.25. The summed E-state index contributed by atoms with van der Waals surface area (Å²) in [6.07, 6.45) is -1.59. The third kappa shape index (κ3) is 2.48. The van der Waals surface area contributed by atoms with Gasteiger partial charge in [0.1, 0.15) is 22.8 Å². The van der Waals surface area contributed by atoms with Crippen molar-refractivity contribution in [2.45, 2.75) is 30.6 Å². The van der Waals surface area contributed by atoms with E-state index >= 15 is 0 Å². The van der Waals surface area contributed by atoms with Crippen LogP contribution < -0.4 is 5.73 Å². The number of phenolic OH excluding ortho intramolecular Hbond substituents is 1. The highest BCUT2D eigenvalue weighted by Crippen LogP contribution is 2.55. The predicted molar refractivity (Wildman–Crippen MR) is 110 cm³/mol. The predicted octanol–water partition coefficient (Wildman–Crippen LogP) is -0.348. The number of hydrogen-bond acceptors (Lipinski definition) is 9. The number of aliphatic hydroxyl groups excluding tert-OH is 3. The van der Waals surface area contributed by atoms with E-state index in [2.05, 4.69) is 0 Å². The zero-order valence-corrected chi connectivity index (χ0v) is 17.6. The second kappa shape index (κ2) is 6.89. The molecule has 0 saturated heterocycles. The smallest absolute Gasteiger partial charge is 0.255 e. The van der Waals surface area contributed by atoms with Gasteiger partial charge in [-0.25, -0.2) is 0 Å². The third-order valence-electron chi connectivity index (χ3n) is 7.00. The van der Waals surface area contributed by atoms with E-state index < -0.39 is 75.6 Å². The average Bonchev–Trinajstić information content (AvgIpc) is 2.70. The Kier molecular flexibility index (Phi) is 4.74. The lowest BCUT2D eigenvalue weighted by Crippen LogP contribution is -2.68. The van der Waals surface area contributed by atoms with E-state index in [-0.39, 0.29) is 11.3 Å². The molecule has 2 unspecified atom stereocenters. The highest BCUT2D eigenvalue weighted by Gasteiger charge is 2.67. The summed E-state index contributed by atoms with van der Waals surface area (Å²) in [7, 11) is 2.98. The normalized spacial score (nSPS) is 34.4. The molecule has 7 N–H and O–H groups in total. The SMILES string of the molecule is C[C@@H]1c2cccc(O)c2C(=O)C2=C(O)[C@]3(O)C(=O)C(C(N)=O)=C(O)[C@H](N(C)C)C3[C@@H](O)C21. The molecule has 1 aromatic carbocycles. The summed E-state index contributed by atoms with van der Waals surface area (Å²) in [5.41, 5.74) is 1.36. The van der Waals surface area contributed by atoms with Crippen LogP contribution in [0.5, 0.6) is 5.75 Å². The Morgan fingerprint density at radius 3 is 2.34 bits per heavy atom. The number of aromatic hydroxyl groups is 1. The number of Topliss-reactive ketones (excluding diaryl/α,β-unsaturated/α-hetero) is 2. The molecule has 0 aliphatic heterocycles. The summed E-state index contributed by atoms with van der Waals surface area (Å²) in [5, 5.41) is 55.0. The maximum atomic E-state index is 13.3. The first-order chi connectivity index (χ1) is 14.9. The van der Waals surface area contributed by atoms with Gasteiger partial charge in [-0.2, -0.15) is 0 Å². The first-order valence-electron chi connectivity index (χ1n) is 10.0.